The van der Waals surface area contributed by atoms with E-state index in [9.17, 15) is 14.4 Å². The molecule has 0 aliphatic heterocycles. The van der Waals surface area contributed by atoms with Crippen LogP contribution in [0.2, 0.25) is 0 Å². The monoisotopic (exact) mass is 641 g/mol. The summed E-state index contributed by atoms with van der Waals surface area (Å²) in [5.74, 6) is 0.0255. The Morgan fingerprint density at radius 3 is 1.91 bits per heavy atom. The summed E-state index contributed by atoms with van der Waals surface area (Å²) in [5.41, 5.74) is 13.9. The molecular weight excluding hydrogens is 586 g/mol. The van der Waals surface area contributed by atoms with Gasteiger partial charge in [0.05, 0.1) is 19.4 Å². The van der Waals surface area contributed by atoms with Crippen molar-refractivity contribution in [2.45, 2.75) is 86.4 Å². The summed E-state index contributed by atoms with van der Waals surface area (Å²) in [4.78, 5) is 35.2. The van der Waals surface area contributed by atoms with E-state index in [0.717, 1.165) is 22.4 Å². The zero-order valence-electron chi connectivity index (χ0n) is 28.9. The number of amidine groups is 2. The van der Waals surface area contributed by atoms with Gasteiger partial charge in [-0.25, -0.2) is 4.79 Å². The molecule has 0 heterocycles. The van der Waals surface area contributed by atoms with Crippen LogP contribution in [0.1, 0.15) is 83.6 Å². The maximum Gasteiger partial charge on any atom is 0.407 e. The van der Waals surface area contributed by atoms with Crippen LogP contribution in [0.15, 0.2) is 60.9 Å². The second kappa shape index (κ2) is 23.5. The molecule has 12 heteroatoms. The minimum Gasteiger partial charge on any atom is -0.493 e. The molecule has 2 rings (SSSR count). The maximum atomic E-state index is 12.1. The van der Waals surface area contributed by atoms with Crippen LogP contribution in [0, 0.1) is 17.7 Å². The predicted molar refractivity (Wildman–Crippen MR) is 186 cm³/mol. The van der Waals surface area contributed by atoms with Gasteiger partial charge in [-0.1, -0.05) is 75.7 Å². The van der Waals surface area contributed by atoms with Crippen molar-refractivity contribution in [3.63, 3.8) is 0 Å². The van der Waals surface area contributed by atoms with Crippen molar-refractivity contribution in [3.05, 3.63) is 83.1 Å². The van der Waals surface area contributed by atoms with E-state index in [1.54, 1.807) is 24.3 Å². The van der Waals surface area contributed by atoms with Crippen molar-refractivity contribution in [1.82, 2.24) is 16.0 Å². The van der Waals surface area contributed by atoms with Gasteiger partial charge in [0.15, 0.2) is 0 Å². The maximum absolute atomic E-state index is 12.1. The van der Waals surface area contributed by atoms with E-state index >= 15 is 0 Å². The SMILES string of the molecule is C=C(C)OC(C)(C)C.CC.CCCC(NC(=O)OC)C(=O)NCC(=O)NCc1cccc(C(=N)N)c1.Cc1cccc(C(=N)N)c1. The first-order valence-corrected chi connectivity index (χ1v) is 15.1. The van der Waals surface area contributed by atoms with Crippen LogP contribution in [0.5, 0.6) is 0 Å². The van der Waals surface area contributed by atoms with Crippen LogP contribution in [-0.4, -0.2) is 54.9 Å². The highest BCUT2D eigenvalue weighted by Crippen LogP contribution is 2.10. The molecule has 0 radical (unpaired) electrons. The Labute approximate surface area is 274 Å². The van der Waals surface area contributed by atoms with Crippen LogP contribution in [0.4, 0.5) is 4.79 Å². The van der Waals surface area contributed by atoms with Gasteiger partial charge in [0.25, 0.3) is 0 Å². The average molecular weight is 642 g/mol. The summed E-state index contributed by atoms with van der Waals surface area (Å²) in [6, 6.07) is 13.8. The number of benzene rings is 2. The number of nitrogen functional groups attached to an aromatic ring is 2. The summed E-state index contributed by atoms with van der Waals surface area (Å²) in [6.45, 7) is 19.4. The molecule has 0 spiro atoms. The summed E-state index contributed by atoms with van der Waals surface area (Å²) >= 11 is 0. The van der Waals surface area contributed by atoms with Gasteiger partial charge < -0.3 is 36.9 Å². The van der Waals surface area contributed by atoms with Crippen LogP contribution in [0.3, 0.4) is 0 Å². The average Bonchev–Trinajstić information content (AvgIpc) is 2.99. The topological polar surface area (TPSA) is 206 Å². The zero-order chi connectivity index (χ0) is 35.9. The Morgan fingerprint density at radius 2 is 1.50 bits per heavy atom. The van der Waals surface area contributed by atoms with Crippen LogP contribution < -0.4 is 27.4 Å². The third-order valence-electron chi connectivity index (χ3n) is 5.33. The minimum absolute atomic E-state index is 0.0505. The molecule has 1 unspecified atom stereocenters. The molecule has 0 aliphatic carbocycles. The number of nitrogens with one attached hydrogen (secondary N) is 5. The Bertz CT molecular complexity index is 1270. The number of alkyl carbamates (subject to hydrolysis) is 1. The van der Waals surface area contributed by atoms with E-state index in [-0.39, 0.29) is 36.3 Å². The minimum atomic E-state index is -0.757. The number of nitrogens with two attached hydrogens (primary N) is 2. The lowest BCUT2D eigenvalue weighted by Gasteiger charge is -2.20. The van der Waals surface area contributed by atoms with E-state index in [1.807, 2.05) is 79.7 Å². The number of rotatable bonds is 11. The van der Waals surface area contributed by atoms with Crippen molar-refractivity contribution >= 4 is 29.6 Å². The molecule has 12 nitrogen and oxygen atoms in total. The van der Waals surface area contributed by atoms with Crippen LogP contribution >= 0.6 is 0 Å². The standard InChI is InChI=1S/C17H25N5O4.C8H10N2.C7H14O.C2H6/c1-3-5-13(22-17(25)26-2)16(24)21-10-14(23)20-9-11-6-4-7-12(8-11)15(18)19;1-6-3-2-4-7(5-6)8(9)10;1-6(2)8-7(3,4)5;1-2/h4,6-8,13H,3,5,9-10H2,1-2H3,(H3,18,19)(H,20,23)(H,21,24)(H,22,25);2-5H,1H3,(H3,9,10);1H2,2-5H3;1-2H3. The van der Waals surface area contributed by atoms with E-state index in [0.29, 0.717) is 18.4 Å². The summed E-state index contributed by atoms with van der Waals surface area (Å²) in [5, 5.41) is 22.1. The molecule has 2 aromatic rings. The second-order valence-corrected chi connectivity index (χ2v) is 10.8. The smallest absolute Gasteiger partial charge is 0.407 e. The van der Waals surface area contributed by atoms with E-state index in [4.69, 9.17) is 27.0 Å². The van der Waals surface area contributed by atoms with Crippen LogP contribution in [0.25, 0.3) is 0 Å². The lowest BCUT2D eigenvalue weighted by atomic mass is 10.1. The van der Waals surface area contributed by atoms with Crippen molar-refractivity contribution in [2.24, 2.45) is 11.5 Å². The van der Waals surface area contributed by atoms with Gasteiger partial charge in [-0.05, 0) is 58.7 Å². The number of hydrogen-bond donors (Lipinski definition) is 7. The van der Waals surface area contributed by atoms with Gasteiger partial charge in [-0.15, -0.1) is 0 Å². The van der Waals surface area contributed by atoms with Gasteiger partial charge >= 0.3 is 6.09 Å². The summed E-state index contributed by atoms with van der Waals surface area (Å²) < 4.78 is 9.73. The zero-order valence-corrected chi connectivity index (χ0v) is 28.9. The molecular formula is C34H55N7O5. The van der Waals surface area contributed by atoms with Crippen molar-refractivity contribution in [1.29, 1.82) is 10.8 Å². The van der Waals surface area contributed by atoms with Gasteiger partial charge in [-0.2, -0.15) is 0 Å². The molecule has 9 N–H and O–H groups in total. The third-order valence-corrected chi connectivity index (χ3v) is 5.33. The third kappa shape index (κ3) is 21.8. The fourth-order valence-electron chi connectivity index (χ4n) is 3.50. The fraction of sp³-hybridized carbons (Fsp3) is 0.441. The molecule has 0 fully saturated rings. The summed E-state index contributed by atoms with van der Waals surface area (Å²) in [6.07, 6.45) is 0.412. The Balaban J connectivity index is 0. The molecule has 0 bridgehead atoms. The van der Waals surface area contributed by atoms with Gasteiger partial charge in [0.2, 0.25) is 11.8 Å². The Kier molecular flexibility index (Phi) is 22.1. The van der Waals surface area contributed by atoms with E-state index in [1.165, 1.54) is 7.11 Å². The van der Waals surface area contributed by atoms with Gasteiger partial charge in [-0.3, -0.25) is 20.4 Å². The van der Waals surface area contributed by atoms with Crippen molar-refractivity contribution < 1.29 is 23.9 Å². The molecule has 1 atom stereocenters. The normalized spacial score (nSPS) is 10.4. The predicted octanol–water partition coefficient (Wildman–Crippen LogP) is 4.87. The quantitative estimate of drug-likeness (QED) is 0.103. The van der Waals surface area contributed by atoms with E-state index in [2.05, 4.69) is 27.3 Å². The van der Waals surface area contributed by atoms with Gasteiger partial charge in [0, 0.05) is 17.7 Å². The number of hydrogen-bond acceptors (Lipinski definition) is 7. The molecule has 256 valence electrons. The lowest BCUT2D eigenvalue weighted by Crippen LogP contribution is -2.48. The first-order chi connectivity index (χ1) is 21.5. The molecule has 0 saturated carbocycles. The number of aryl methyl sites for hydroxylation is 1. The second-order valence-electron chi connectivity index (χ2n) is 10.8. The first kappa shape index (κ1) is 43.3. The highest BCUT2D eigenvalue weighted by Gasteiger charge is 2.20. The summed E-state index contributed by atoms with van der Waals surface area (Å²) in [7, 11) is 1.21. The number of allylic oxidation sites excluding steroid dienone is 1. The highest BCUT2D eigenvalue weighted by atomic mass is 16.5. The first-order valence-electron chi connectivity index (χ1n) is 15.1. The molecule has 2 aromatic carbocycles. The van der Waals surface area contributed by atoms with Gasteiger partial charge in [0.1, 0.15) is 23.3 Å². The Morgan fingerprint density at radius 1 is 0.957 bits per heavy atom. The molecule has 0 saturated heterocycles. The number of carbonyl (C=O) groups excluding carboxylic acids is 3. The fourth-order valence-corrected chi connectivity index (χ4v) is 3.50. The largest absolute Gasteiger partial charge is 0.493 e. The van der Waals surface area contributed by atoms with Crippen molar-refractivity contribution in [2.75, 3.05) is 13.7 Å². The molecule has 3 amide bonds. The highest BCUT2D eigenvalue weighted by molar-refractivity contribution is 5.95. The number of amides is 3. The van der Waals surface area contributed by atoms with Crippen LogP contribution in [-0.2, 0) is 25.6 Å². The number of ether oxygens (including phenoxy) is 2. The Hall–Kier alpha value is -4.87. The number of carbonyl (C=O) groups is 3. The van der Waals surface area contributed by atoms with Crippen molar-refractivity contribution in [3.8, 4) is 0 Å². The molecule has 0 aromatic heterocycles. The van der Waals surface area contributed by atoms with E-state index < -0.39 is 18.0 Å². The molecule has 0 aliphatic rings. The lowest BCUT2D eigenvalue weighted by molar-refractivity contribution is -0.127. The molecule has 46 heavy (non-hydrogen) atoms. The number of methoxy groups -OCH3 is 1.